The summed E-state index contributed by atoms with van der Waals surface area (Å²) < 4.78 is 13.4. The minimum absolute atomic E-state index is 0.173. The highest BCUT2D eigenvalue weighted by Gasteiger charge is 2.36. The van der Waals surface area contributed by atoms with Gasteiger partial charge < -0.3 is 9.47 Å². The van der Waals surface area contributed by atoms with Crippen molar-refractivity contribution in [2.24, 2.45) is 0 Å². The topological polar surface area (TPSA) is 38.8 Å². The molecule has 0 spiro atoms. The summed E-state index contributed by atoms with van der Waals surface area (Å²) in [4.78, 5) is 15.2. The zero-order valence-electron chi connectivity index (χ0n) is 16.5. The summed E-state index contributed by atoms with van der Waals surface area (Å²) in [6, 6.07) is 21.6. The van der Waals surface area contributed by atoms with Crippen LogP contribution in [0.25, 0.3) is 0 Å². The van der Waals surface area contributed by atoms with Crippen molar-refractivity contribution in [2.45, 2.75) is 25.5 Å². The Bertz CT molecular complexity index is 1060. The summed E-state index contributed by atoms with van der Waals surface area (Å²) in [6.45, 7) is 0.228. The molecule has 30 heavy (non-hydrogen) atoms. The van der Waals surface area contributed by atoms with Gasteiger partial charge in [0.2, 0.25) is 0 Å². The molecule has 3 aromatic carbocycles. The van der Waals surface area contributed by atoms with Gasteiger partial charge in [0.05, 0.1) is 18.8 Å². The predicted octanol–water partition coefficient (Wildman–Crippen LogP) is 6.89. The molecule has 1 amide bonds. The molecule has 1 unspecified atom stereocenters. The Hall–Kier alpha value is -2.06. The van der Waals surface area contributed by atoms with Crippen LogP contribution in [0.1, 0.15) is 29.2 Å². The van der Waals surface area contributed by atoms with E-state index in [-0.39, 0.29) is 18.7 Å². The number of carbonyl (C=O) groups excluding carboxylic acids is 1. The van der Waals surface area contributed by atoms with Crippen LogP contribution in [-0.2, 0) is 17.8 Å². The van der Waals surface area contributed by atoms with E-state index >= 15 is 0 Å². The highest BCUT2D eigenvalue weighted by Crippen LogP contribution is 2.45. The van der Waals surface area contributed by atoms with Gasteiger partial charge in [0.15, 0.2) is 0 Å². The maximum atomic E-state index is 13.4. The molecule has 1 heterocycles. The fraction of sp³-hybridized carbons (Fsp3) is 0.208. The maximum absolute atomic E-state index is 13.4. The number of hydrogen-bond donors (Lipinski definition) is 0. The fourth-order valence-corrected chi connectivity index (χ4v) is 5.71. The minimum Gasteiger partial charge on any atom is -0.496 e. The molecule has 4 rings (SSSR count). The number of aryl methyl sites for hydroxylation is 1. The highest BCUT2D eigenvalue weighted by molar-refractivity contribution is 14.1. The van der Waals surface area contributed by atoms with Gasteiger partial charge in [0.25, 0.3) is 0 Å². The smallest absolute Gasteiger partial charge is 0.415 e. The lowest BCUT2D eigenvalue weighted by atomic mass is 9.91. The summed E-state index contributed by atoms with van der Waals surface area (Å²) >= 11 is 5.99. The number of hydrogen-bond acceptors (Lipinski definition) is 3. The molecule has 3 aromatic rings. The Morgan fingerprint density at radius 1 is 1.13 bits per heavy atom. The summed E-state index contributed by atoms with van der Waals surface area (Å²) in [5, 5.41) is 0. The van der Waals surface area contributed by atoms with E-state index in [1.807, 2.05) is 60.7 Å². The summed E-state index contributed by atoms with van der Waals surface area (Å²) in [6.07, 6.45) is 1.30. The molecular formula is C24H21BrINO3. The highest BCUT2D eigenvalue weighted by atomic mass is 127. The zero-order chi connectivity index (χ0) is 21.1. The molecule has 0 bridgehead atoms. The molecule has 4 nitrogen and oxygen atoms in total. The van der Waals surface area contributed by atoms with Crippen molar-refractivity contribution in [1.82, 2.24) is 0 Å². The van der Waals surface area contributed by atoms with Crippen LogP contribution >= 0.6 is 38.5 Å². The molecule has 1 atom stereocenters. The monoisotopic (exact) mass is 577 g/mol. The first-order chi connectivity index (χ1) is 14.6. The predicted molar refractivity (Wildman–Crippen MR) is 130 cm³/mol. The van der Waals surface area contributed by atoms with E-state index in [2.05, 4.69) is 44.6 Å². The third kappa shape index (κ3) is 4.34. The van der Waals surface area contributed by atoms with Gasteiger partial charge >= 0.3 is 6.09 Å². The van der Waals surface area contributed by atoms with E-state index in [0.717, 1.165) is 49.0 Å². The van der Waals surface area contributed by atoms with E-state index in [0.29, 0.717) is 0 Å². The number of para-hydroxylation sites is 1. The zero-order valence-corrected chi connectivity index (χ0v) is 20.2. The van der Waals surface area contributed by atoms with Crippen molar-refractivity contribution < 1.29 is 14.3 Å². The van der Waals surface area contributed by atoms with E-state index in [4.69, 9.17) is 9.47 Å². The number of anilines is 1. The Balaban J connectivity index is 1.73. The number of ether oxygens (including phenoxy) is 2. The molecule has 154 valence electrons. The summed E-state index contributed by atoms with van der Waals surface area (Å²) in [5.74, 6) is 0.772. The average Bonchev–Trinajstić information content (AvgIpc) is 2.77. The van der Waals surface area contributed by atoms with Gasteiger partial charge in [-0.05, 0) is 80.7 Å². The van der Waals surface area contributed by atoms with Crippen molar-refractivity contribution in [3.8, 4) is 5.75 Å². The van der Waals surface area contributed by atoms with Crippen molar-refractivity contribution in [1.29, 1.82) is 0 Å². The lowest BCUT2D eigenvalue weighted by molar-refractivity contribution is 0.143. The van der Waals surface area contributed by atoms with E-state index in [1.165, 1.54) is 0 Å². The van der Waals surface area contributed by atoms with E-state index in [9.17, 15) is 4.79 Å². The van der Waals surface area contributed by atoms with E-state index in [1.54, 1.807) is 12.0 Å². The standard InChI is InChI=1S/C24H21BrINO3/c1-29-22-10-6-5-9-19(22)21-12-11-17-13-18(26)14-20(25)23(17)27(21)24(28)30-15-16-7-3-2-4-8-16/h2-10,13-14,21H,11-12,15H2,1H3. The van der Waals surface area contributed by atoms with Gasteiger partial charge in [0, 0.05) is 13.6 Å². The molecule has 1 aliphatic rings. The molecule has 0 radical (unpaired) electrons. The molecule has 0 fully saturated rings. The molecule has 1 aliphatic heterocycles. The van der Waals surface area contributed by atoms with E-state index < -0.39 is 0 Å². The fourth-order valence-electron chi connectivity index (χ4n) is 3.90. The number of halogens is 2. The molecule has 0 N–H and O–H groups in total. The molecular weight excluding hydrogens is 557 g/mol. The van der Waals surface area contributed by atoms with Crippen molar-refractivity contribution >= 4 is 50.3 Å². The number of nitrogens with zero attached hydrogens (tertiary/aromatic N) is 1. The minimum atomic E-state index is -0.363. The molecule has 0 aliphatic carbocycles. The molecule has 0 saturated heterocycles. The molecule has 0 saturated carbocycles. The second-order valence-electron chi connectivity index (χ2n) is 7.10. The van der Waals surface area contributed by atoms with Gasteiger partial charge in [-0.25, -0.2) is 4.79 Å². The Morgan fingerprint density at radius 2 is 1.87 bits per heavy atom. The van der Waals surface area contributed by atoms with Gasteiger partial charge in [-0.3, -0.25) is 4.90 Å². The van der Waals surface area contributed by atoms with Crippen LogP contribution in [0.15, 0.2) is 71.2 Å². The number of amides is 1. The first-order valence-corrected chi connectivity index (χ1v) is 11.6. The largest absolute Gasteiger partial charge is 0.496 e. The van der Waals surface area contributed by atoms with Crippen LogP contribution in [0.4, 0.5) is 10.5 Å². The Morgan fingerprint density at radius 3 is 2.63 bits per heavy atom. The van der Waals surface area contributed by atoms with Crippen LogP contribution < -0.4 is 9.64 Å². The Labute approximate surface area is 198 Å². The number of methoxy groups -OCH3 is 1. The van der Waals surface area contributed by atoms with Crippen LogP contribution in [0, 0.1) is 3.57 Å². The molecule has 6 heteroatoms. The average molecular weight is 578 g/mol. The Kier molecular flexibility index (Phi) is 6.63. The number of rotatable bonds is 4. The first-order valence-electron chi connectivity index (χ1n) is 9.69. The normalized spacial score (nSPS) is 15.4. The number of fused-ring (bicyclic) bond motifs is 1. The SMILES string of the molecule is COc1ccccc1C1CCc2cc(I)cc(Br)c2N1C(=O)OCc1ccccc1. The van der Waals surface area contributed by atoms with Crippen LogP contribution in [0.2, 0.25) is 0 Å². The van der Waals surface area contributed by atoms with Crippen molar-refractivity contribution in [3.05, 3.63) is 91.5 Å². The first kappa shape index (κ1) is 21.2. The van der Waals surface area contributed by atoms with Gasteiger partial charge in [0.1, 0.15) is 12.4 Å². The maximum Gasteiger partial charge on any atom is 0.415 e. The van der Waals surface area contributed by atoms with Crippen molar-refractivity contribution in [3.63, 3.8) is 0 Å². The van der Waals surface area contributed by atoms with Crippen molar-refractivity contribution in [2.75, 3.05) is 12.0 Å². The lowest BCUT2D eigenvalue weighted by Gasteiger charge is -2.38. The second kappa shape index (κ2) is 9.39. The van der Waals surface area contributed by atoms with Crippen LogP contribution in [0.5, 0.6) is 5.75 Å². The van der Waals surface area contributed by atoms with Gasteiger partial charge in [-0.1, -0.05) is 48.5 Å². The third-order valence-corrected chi connectivity index (χ3v) is 6.47. The molecule has 0 aromatic heterocycles. The van der Waals surface area contributed by atoms with Gasteiger partial charge in [-0.2, -0.15) is 0 Å². The lowest BCUT2D eigenvalue weighted by Crippen LogP contribution is -2.39. The third-order valence-electron chi connectivity index (χ3n) is 5.25. The number of carbonyl (C=O) groups is 1. The van der Waals surface area contributed by atoms with Crippen LogP contribution in [0.3, 0.4) is 0 Å². The van der Waals surface area contributed by atoms with Crippen LogP contribution in [-0.4, -0.2) is 13.2 Å². The summed E-state index contributed by atoms with van der Waals surface area (Å²) in [7, 11) is 1.66. The summed E-state index contributed by atoms with van der Waals surface area (Å²) in [5.41, 5.74) is 3.94. The quantitative estimate of drug-likeness (QED) is 0.317. The number of benzene rings is 3. The second-order valence-corrected chi connectivity index (χ2v) is 9.20. The van der Waals surface area contributed by atoms with Gasteiger partial charge in [-0.15, -0.1) is 0 Å².